The van der Waals surface area contributed by atoms with Crippen LogP contribution in [0.1, 0.15) is 132 Å². The molecule has 0 aliphatic heterocycles. The highest BCUT2D eigenvalue weighted by Crippen LogP contribution is 2.82. The van der Waals surface area contributed by atoms with E-state index in [0.29, 0.717) is 0 Å². The second-order valence-corrected chi connectivity index (χ2v) is 18.5. The minimum atomic E-state index is 0.192. The van der Waals surface area contributed by atoms with E-state index in [1.807, 2.05) is 0 Å². The minimum absolute atomic E-state index is 0.192. The third-order valence-electron chi connectivity index (χ3n) is 6.68. The summed E-state index contributed by atoms with van der Waals surface area (Å²) in [6.45, 7) is 17.2. The van der Waals surface area contributed by atoms with Gasteiger partial charge in [0.1, 0.15) is 0 Å². The third-order valence-corrected chi connectivity index (χ3v) is 20.9. The fraction of sp³-hybridized carbons (Fsp3) is 1.00. The zero-order chi connectivity index (χ0) is 22.7. The van der Waals surface area contributed by atoms with Crippen molar-refractivity contribution in [3.63, 3.8) is 0 Å². The molecule has 0 heterocycles. The Morgan fingerprint density at radius 3 is 0.700 bits per heavy atom. The molecule has 0 aromatic rings. The molecule has 0 amide bonds. The predicted molar refractivity (Wildman–Crippen MR) is 152 cm³/mol. The Bertz CT molecular complexity index is 284. The first-order chi connectivity index (χ1) is 14.6. The first kappa shape index (κ1) is 31.3. The minimum Gasteiger partial charge on any atom is -0.0913 e. The van der Waals surface area contributed by atoms with Crippen LogP contribution in [0.15, 0.2) is 0 Å². The maximum Gasteiger partial charge on any atom is 0.0298 e. The van der Waals surface area contributed by atoms with Crippen LogP contribution in [0.5, 0.6) is 0 Å². The highest BCUT2D eigenvalue weighted by Gasteiger charge is 2.47. The molecule has 0 aliphatic rings. The molecule has 0 unspecified atom stereocenters. The van der Waals surface area contributed by atoms with Crippen molar-refractivity contribution in [3.05, 3.63) is 0 Å². The van der Waals surface area contributed by atoms with Crippen LogP contribution in [0, 0.1) is 0 Å². The quantitative estimate of drug-likeness (QED) is 0.136. The van der Waals surface area contributed by atoms with Crippen LogP contribution in [0.25, 0.3) is 0 Å². The van der Waals surface area contributed by atoms with Crippen molar-refractivity contribution < 1.29 is 0 Å². The van der Waals surface area contributed by atoms with Crippen LogP contribution < -0.4 is 0 Å². The van der Waals surface area contributed by atoms with Crippen molar-refractivity contribution in [1.82, 2.24) is 0 Å². The molecule has 0 saturated heterocycles. The molecule has 0 nitrogen and oxygen atoms in total. The van der Waals surface area contributed by atoms with E-state index in [-0.39, 0.29) is 23.8 Å². The van der Waals surface area contributed by atoms with Crippen LogP contribution in [-0.4, -0.2) is 41.6 Å². The maximum atomic E-state index is 2.65. The lowest BCUT2D eigenvalue weighted by atomic mass is 10.4. The van der Waals surface area contributed by atoms with Gasteiger partial charge in [0.05, 0.1) is 0 Å². The van der Waals surface area contributed by atoms with Crippen molar-refractivity contribution in [1.29, 1.82) is 0 Å². The SMILES string of the molecule is CCCCP(CCCC)C(CC)(P(CCCC)CCCC)P(CCCC)CCCC. The zero-order valence-electron chi connectivity index (χ0n) is 22.3. The van der Waals surface area contributed by atoms with Crippen molar-refractivity contribution in [2.75, 3.05) is 37.0 Å². The van der Waals surface area contributed by atoms with Gasteiger partial charge in [0.25, 0.3) is 0 Å². The number of rotatable bonds is 22. The molecule has 0 fully saturated rings. The maximum absolute atomic E-state index is 2.65. The van der Waals surface area contributed by atoms with Crippen LogP contribution >= 0.6 is 23.8 Å². The molecule has 0 saturated carbocycles. The summed E-state index contributed by atoms with van der Waals surface area (Å²) in [5, 5.41) is 0. The van der Waals surface area contributed by atoms with Crippen molar-refractivity contribution >= 4 is 23.8 Å². The average molecular weight is 477 g/mol. The molecule has 3 heteroatoms. The molecular weight excluding hydrogens is 417 g/mol. The second kappa shape index (κ2) is 20.9. The summed E-state index contributed by atoms with van der Waals surface area (Å²) in [5.74, 6) is 0. The summed E-state index contributed by atoms with van der Waals surface area (Å²) in [6.07, 6.45) is 28.4. The van der Waals surface area contributed by atoms with E-state index >= 15 is 0 Å². The molecule has 0 atom stereocenters. The Morgan fingerprint density at radius 2 is 0.567 bits per heavy atom. The van der Waals surface area contributed by atoms with Gasteiger partial charge < -0.3 is 0 Å². The summed E-state index contributed by atoms with van der Waals surface area (Å²) in [7, 11) is 0.577. The number of unbranched alkanes of at least 4 members (excludes halogenated alkanes) is 6. The summed E-state index contributed by atoms with van der Waals surface area (Å²) >= 11 is 0. The molecule has 30 heavy (non-hydrogen) atoms. The normalized spacial score (nSPS) is 12.6. The van der Waals surface area contributed by atoms with Gasteiger partial charge in [-0.15, -0.1) is 0 Å². The Balaban J connectivity index is 6.26. The van der Waals surface area contributed by atoms with E-state index in [1.54, 1.807) is 37.0 Å². The van der Waals surface area contributed by atoms with Gasteiger partial charge in [-0.05, 0) is 81.9 Å². The van der Waals surface area contributed by atoms with Gasteiger partial charge in [0.2, 0.25) is 0 Å². The van der Waals surface area contributed by atoms with Crippen LogP contribution in [0.2, 0.25) is 0 Å². The van der Waals surface area contributed by atoms with Gasteiger partial charge in [0.15, 0.2) is 0 Å². The van der Waals surface area contributed by atoms with Gasteiger partial charge in [-0.1, -0.05) is 111 Å². The van der Waals surface area contributed by atoms with Gasteiger partial charge >= 0.3 is 0 Å². The van der Waals surface area contributed by atoms with E-state index in [1.165, 1.54) is 83.5 Å². The highest BCUT2D eigenvalue weighted by atomic mass is 31.2. The molecule has 0 aromatic carbocycles. The first-order valence-corrected chi connectivity index (χ1v) is 19.0. The fourth-order valence-electron chi connectivity index (χ4n) is 4.77. The van der Waals surface area contributed by atoms with Gasteiger partial charge in [-0.3, -0.25) is 0 Å². The summed E-state index contributed by atoms with van der Waals surface area (Å²) in [4.78, 5) is 0. The molecule has 0 aliphatic carbocycles. The van der Waals surface area contributed by atoms with Crippen LogP contribution in [0.4, 0.5) is 0 Å². The fourth-order valence-corrected chi connectivity index (χ4v) is 21.5. The lowest BCUT2D eigenvalue weighted by molar-refractivity contribution is 0.817. The highest BCUT2D eigenvalue weighted by molar-refractivity contribution is 7.93. The van der Waals surface area contributed by atoms with Crippen molar-refractivity contribution in [3.8, 4) is 0 Å². The predicted octanol–water partition coefficient (Wildman–Crippen LogP) is 11.3. The van der Waals surface area contributed by atoms with Crippen LogP contribution in [-0.2, 0) is 0 Å². The smallest absolute Gasteiger partial charge is 0.0298 e. The van der Waals surface area contributed by atoms with E-state index in [4.69, 9.17) is 0 Å². The van der Waals surface area contributed by atoms with Crippen LogP contribution in [0.3, 0.4) is 0 Å². The monoisotopic (exact) mass is 476 g/mol. The molecule has 0 bridgehead atoms. The molecule has 182 valence electrons. The van der Waals surface area contributed by atoms with Gasteiger partial charge in [-0.2, -0.15) is 0 Å². The third kappa shape index (κ3) is 10.9. The summed E-state index contributed by atoms with van der Waals surface area (Å²) < 4.78 is 0.791. The lowest BCUT2D eigenvalue weighted by Crippen LogP contribution is -2.29. The number of hydrogen-bond donors (Lipinski definition) is 0. The van der Waals surface area contributed by atoms with Gasteiger partial charge in [-0.25, -0.2) is 0 Å². The van der Waals surface area contributed by atoms with E-state index < -0.39 is 0 Å². The molecule has 0 spiro atoms. The second-order valence-electron chi connectivity index (χ2n) is 9.21. The first-order valence-electron chi connectivity index (χ1n) is 13.9. The van der Waals surface area contributed by atoms with Crippen molar-refractivity contribution in [2.45, 2.75) is 137 Å². The zero-order valence-corrected chi connectivity index (χ0v) is 25.0. The Labute approximate surface area is 197 Å². The van der Waals surface area contributed by atoms with E-state index in [9.17, 15) is 0 Å². The molecule has 0 aromatic heterocycles. The Morgan fingerprint density at radius 1 is 0.367 bits per heavy atom. The molecule has 0 radical (unpaired) electrons. The topological polar surface area (TPSA) is 0 Å². The van der Waals surface area contributed by atoms with Crippen molar-refractivity contribution in [2.24, 2.45) is 0 Å². The molecule has 0 N–H and O–H groups in total. The summed E-state index contributed by atoms with van der Waals surface area (Å²) in [6, 6.07) is 0. The van der Waals surface area contributed by atoms with Gasteiger partial charge in [0, 0.05) is 4.64 Å². The number of hydrogen-bond acceptors (Lipinski definition) is 0. The molecular formula is C27H59P3. The van der Waals surface area contributed by atoms with E-state index in [0.717, 1.165) is 4.64 Å². The standard InChI is InChI=1S/C27H59P3/c1-8-15-21-28(22-16-9-2)27(14-7,29(23-17-10-3)24-18-11-4)30(25-19-12-5)26-20-13-6/h8-26H2,1-7H3. The van der Waals surface area contributed by atoms with E-state index in [2.05, 4.69) is 48.5 Å². The Kier molecular flexibility index (Phi) is 21.8. The molecule has 0 rings (SSSR count). The Hall–Kier alpha value is 1.29. The lowest BCUT2D eigenvalue weighted by Gasteiger charge is -2.53. The largest absolute Gasteiger partial charge is 0.0913 e. The summed E-state index contributed by atoms with van der Waals surface area (Å²) in [5.41, 5.74) is 0. The average Bonchev–Trinajstić information content (AvgIpc) is 2.77.